The first kappa shape index (κ1) is 14.3. The van der Waals surface area contributed by atoms with Gasteiger partial charge in [0.1, 0.15) is 12.3 Å². The van der Waals surface area contributed by atoms with Gasteiger partial charge in [0.15, 0.2) is 0 Å². The summed E-state index contributed by atoms with van der Waals surface area (Å²) in [5.41, 5.74) is 1.01. The maximum absolute atomic E-state index is 12.9. The van der Waals surface area contributed by atoms with Gasteiger partial charge in [-0.15, -0.1) is 0 Å². The number of aliphatic hydroxyl groups excluding tert-OH is 1. The van der Waals surface area contributed by atoms with E-state index >= 15 is 0 Å². The van der Waals surface area contributed by atoms with E-state index in [1.165, 1.54) is 4.90 Å². The molecule has 114 valence electrons. The Morgan fingerprint density at radius 3 is 2.81 bits per heavy atom. The fraction of sp³-hybridized carbons (Fsp3) is 0.667. The lowest BCUT2D eigenvalue weighted by Gasteiger charge is -2.36. The molecule has 1 aromatic rings. The van der Waals surface area contributed by atoms with E-state index in [9.17, 15) is 14.7 Å². The molecule has 1 N–H and O–H groups in total. The summed E-state index contributed by atoms with van der Waals surface area (Å²) in [6.45, 7) is 2.19. The molecule has 1 aromatic heterocycles. The van der Waals surface area contributed by atoms with E-state index < -0.39 is 12.1 Å². The zero-order valence-electron chi connectivity index (χ0n) is 12.2. The van der Waals surface area contributed by atoms with Gasteiger partial charge in [0.25, 0.3) is 0 Å². The van der Waals surface area contributed by atoms with Gasteiger partial charge in [-0.05, 0) is 31.2 Å². The molecule has 1 amide bonds. The number of aliphatic hydroxyl groups is 1. The van der Waals surface area contributed by atoms with Gasteiger partial charge in [-0.1, -0.05) is 6.42 Å². The third kappa shape index (κ3) is 2.60. The molecule has 3 rings (SSSR count). The zero-order valence-corrected chi connectivity index (χ0v) is 12.2. The molecule has 0 aromatic carbocycles. The number of carbonyl (C=O) groups excluding carboxylic acids is 2. The van der Waals surface area contributed by atoms with Crippen molar-refractivity contribution < 1.29 is 14.7 Å². The number of amides is 1. The standard InChI is InChI=1S/C15H21N3O3/c1-10-6-16-18(7-10)14(11-3-2-4-11)15(21)17-8-13(20)5-12(17)9-19/h6-7,9,11-14,20H,2-5,8H2,1H3. The molecule has 1 saturated heterocycles. The fourth-order valence-corrected chi connectivity index (χ4v) is 3.27. The van der Waals surface area contributed by atoms with Crippen molar-refractivity contribution in [3.05, 3.63) is 18.0 Å². The minimum absolute atomic E-state index is 0.0866. The van der Waals surface area contributed by atoms with Crippen molar-refractivity contribution in [2.24, 2.45) is 5.92 Å². The van der Waals surface area contributed by atoms with Gasteiger partial charge in [-0.25, -0.2) is 0 Å². The number of hydrogen-bond donors (Lipinski definition) is 1. The minimum atomic E-state index is -0.606. The van der Waals surface area contributed by atoms with Crippen LogP contribution in [0.15, 0.2) is 12.4 Å². The maximum atomic E-state index is 12.9. The molecule has 2 aliphatic rings. The predicted octanol–water partition coefficient (Wildman–Crippen LogP) is 0.693. The normalized spacial score (nSPS) is 27.4. The first-order valence-electron chi connectivity index (χ1n) is 7.54. The van der Waals surface area contributed by atoms with Gasteiger partial charge >= 0.3 is 0 Å². The monoisotopic (exact) mass is 291 g/mol. The highest BCUT2D eigenvalue weighted by Gasteiger charge is 2.42. The molecule has 1 aliphatic carbocycles. The topological polar surface area (TPSA) is 75.4 Å². The van der Waals surface area contributed by atoms with E-state index in [2.05, 4.69) is 5.10 Å². The molecule has 6 heteroatoms. The highest BCUT2D eigenvalue weighted by molar-refractivity contribution is 5.84. The van der Waals surface area contributed by atoms with Crippen LogP contribution in [0.4, 0.5) is 0 Å². The number of carbonyl (C=O) groups is 2. The van der Waals surface area contributed by atoms with Gasteiger partial charge in [0, 0.05) is 19.2 Å². The lowest BCUT2D eigenvalue weighted by Crippen LogP contribution is -2.45. The van der Waals surface area contributed by atoms with Crippen LogP contribution in [-0.2, 0) is 9.59 Å². The number of aryl methyl sites for hydroxylation is 1. The Hall–Kier alpha value is -1.69. The first-order chi connectivity index (χ1) is 10.1. The smallest absolute Gasteiger partial charge is 0.248 e. The van der Waals surface area contributed by atoms with Crippen LogP contribution in [0.1, 0.15) is 37.3 Å². The lowest BCUT2D eigenvalue weighted by atomic mass is 9.79. The molecule has 1 saturated carbocycles. The van der Waals surface area contributed by atoms with Gasteiger partial charge in [-0.3, -0.25) is 9.48 Å². The highest BCUT2D eigenvalue weighted by atomic mass is 16.3. The van der Waals surface area contributed by atoms with Crippen LogP contribution in [0.3, 0.4) is 0 Å². The van der Waals surface area contributed by atoms with E-state index in [0.29, 0.717) is 6.42 Å². The molecule has 2 heterocycles. The molecule has 3 atom stereocenters. The molecule has 1 aliphatic heterocycles. The Morgan fingerprint density at radius 2 is 2.29 bits per heavy atom. The van der Waals surface area contributed by atoms with E-state index in [-0.39, 0.29) is 24.4 Å². The molecule has 6 nitrogen and oxygen atoms in total. The van der Waals surface area contributed by atoms with Crippen molar-refractivity contribution in [2.75, 3.05) is 6.54 Å². The molecular formula is C15H21N3O3. The number of nitrogens with zero attached hydrogens (tertiary/aromatic N) is 3. The minimum Gasteiger partial charge on any atom is -0.391 e. The number of rotatable bonds is 4. The quantitative estimate of drug-likeness (QED) is 0.828. The van der Waals surface area contributed by atoms with E-state index in [1.54, 1.807) is 10.9 Å². The van der Waals surface area contributed by atoms with Crippen LogP contribution >= 0.6 is 0 Å². The third-order valence-corrected chi connectivity index (χ3v) is 4.63. The average Bonchev–Trinajstić information content (AvgIpc) is 2.98. The molecule has 0 radical (unpaired) electrons. The predicted molar refractivity (Wildman–Crippen MR) is 75.5 cm³/mol. The number of hydrogen-bond acceptors (Lipinski definition) is 4. The van der Waals surface area contributed by atoms with Gasteiger partial charge in [0.2, 0.25) is 5.91 Å². The summed E-state index contributed by atoms with van der Waals surface area (Å²) in [4.78, 5) is 25.6. The number of β-amino-alcohol motifs (C(OH)–C–C–N with tert-alkyl or cyclic N) is 1. The number of aromatic nitrogens is 2. The summed E-state index contributed by atoms with van der Waals surface area (Å²) >= 11 is 0. The molecule has 2 fully saturated rings. The first-order valence-corrected chi connectivity index (χ1v) is 7.54. The second kappa shape index (κ2) is 5.60. The Bertz CT molecular complexity index is 538. The lowest BCUT2D eigenvalue weighted by molar-refractivity contribution is -0.141. The fourth-order valence-electron chi connectivity index (χ4n) is 3.27. The van der Waals surface area contributed by atoms with Crippen LogP contribution in [0.5, 0.6) is 0 Å². The largest absolute Gasteiger partial charge is 0.391 e. The summed E-state index contributed by atoms with van der Waals surface area (Å²) in [6, 6.07) is -0.855. The van der Waals surface area contributed by atoms with Gasteiger partial charge in [-0.2, -0.15) is 5.10 Å². The maximum Gasteiger partial charge on any atom is 0.248 e. The van der Waals surface area contributed by atoms with Crippen molar-refractivity contribution in [3.8, 4) is 0 Å². The number of aldehydes is 1. The van der Waals surface area contributed by atoms with Crippen molar-refractivity contribution in [1.82, 2.24) is 14.7 Å². The Balaban J connectivity index is 1.85. The summed E-state index contributed by atoms with van der Waals surface area (Å²) in [6.07, 6.45) is 7.28. The van der Waals surface area contributed by atoms with Crippen LogP contribution in [0.2, 0.25) is 0 Å². The van der Waals surface area contributed by atoms with Crippen molar-refractivity contribution in [2.45, 2.75) is 50.8 Å². The van der Waals surface area contributed by atoms with Crippen molar-refractivity contribution >= 4 is 12.2 Å². The number of likely N-dealkylation sites (tertiary alicyclic amines) is 1. The zero-order chi connectivity index (χ0) is 15.0. The van der Waals surface area contributed by atoms with Crippen molar-refractivity contribution in [1.29, 1.82) is 0 Å². The summed E-state index contributed by atoms with van der Waals surface area (Å²) in [7, 11) is 0. The Labute approximate surface area is 123 Å². The van der Waals surface area contributed by atoms with Crippen LogP contribution < -0.4 is 0 Å². The molecule has 0 spiro atoms. The SMILES string of the molecule is Cc1cnn(C(C(=O)N2CC(O)CC2C=O)C2CCC2)c1. The van der Waals surface area contributed by atoms with Gasteiger partial charge < -0.3 is 14.8 Å². The van der Waals surface area contributed by atoms with Crippen LogP contribution in [-0.4, -0.2) is 50.7 Å². The molecular weight excluding hydrogens is 270 g/mol. The van der Waals surface area contributed by atoms with Gasteiger partial charge in [0.05, 0.1) is 18.3 Å². The molecule has 3 unspecified atom stereocenters. The van der Waals surface area contributed by atoms with E-state index in [1.807, 2.05) is 13.1 Å². The third-order valence-electron chi connectivity index (χ3n) is 4.63. The Morgan fingerprint density at radius 1 is 1.52 bits per heavy atom. The second-order valence-electron chi connectivity index (χ2n) is 6.22. The van der Waals surface area contributed by atoms with E-state index in [0.717, 1.165) is 31.1 Å². The summed E-state index contributed by atoms with van der Waals surface area (Å²) in [5.74, 6) is 0.193. The van der Waals surface area contributed by atoms with Crippen LogP contribution in [0.25, 0.3) is 0 Å². The van der Waals surface area contributed by atoms with Crippen molar-refractivity contribution in [3.63, 3.8) is 0 Å². The highest BCUT2D eigenvalue weighted by Crippen LogP contribution is 2.38. The summed E-state index contributed by atoms with van der Waals surface area (Å²) < 4.78 is 1.73. The second-order valence-corrected chi connectivity index (χ2v) is 6.22. The van der Waals surface area contributed by atoms with Crippen LogP contribution in [0, 0.1) is 12.8 Å². The van der Waals surface area contributed by atoms with E-state index in [4.69, 9.17) is 0 Å². The molecule has 0 bridgehead atoms. The average molecular weight is 291 g/mol. The summed E-state index contributed by atoms with van der Waals surface area (Å²) in [5, 5.41) is 14.0. The Kier molecular flexibility index (Phi) is 3.80. The molecule has 21 heavy (non-hydrogen) atoms.